The molecule has 2 aliphatic rings. The van der Waals surface area contributed by atoms with Crippen molar-refractivity contribution in [2.24, 2.45) is 4.99 Å². The third-order valence-electron chi connectivity index (χ3n) is 8.22. The van der Waals surface area contributed by atoms with Crippen molar-refractivity contribution in [1.82, 2.24) is 4.90 Å². The smallest absolute Gasteiger partial charge is 0.356 e. The summed E-state index contributed by atoms with van der Waals surface area (Å²) in [7, 11) is 0. The normalized spacial score (nSPS) is 18.3. The van der Waals surface area contributed by atoms with Crippen LogP contribution in [0.4, 0.5) is 0 Å². The molecule has 9 heteroatoms. The monoisotopic (exact) mass is 654 g/mol. The van der Waals surface area contributed by atoms with Crippen molar-refractivity contribution in [2.75, 3.05) is 12.4 Å². The van der Waals surface area contributed by atoms with Gasteiger partial charge in [0.15, 0.2) is 12.1 Å². The van der Waals surface area contributed by atoms with Crippen LogP contribution in [-0.2, 0) is 34.7 Å². The number of phenolic OH excluding ortho intramolecular Hbond substituents is 1. The van der Waals surface area contributed by atoms with E-state index in [1.165, 1.54) is 23.6 Å². The second-order valence-corrected chi connectivity index (χ2v) is 15.0. The van der Waals surface area contributed by atoms with E-state index in [-0.39, 0.29) is 34.8 Å². The quantitative estimate of drug-likeness (QED) is 0.161. The Labute approximate surface area is 280 Å². The molecule has 5 rings (SSSR count). The van der Waals surface area contributed by atoms with Crippen LogP contribution >= 0.6 is 11.8 Å². The summed E-state index contributed by atoms with van der Waals surface area (Å²) >= 11 is 1.46. The molecule has 1 amide bonds. The largest absolute Gasteiger partial charge is 0.507 e. The lowest BCUT2D eigenvalue weighted by atomic mass is 9.78. The fourth-order valence-electron chi connectivity index (χ4n) is 5.74. The standard InChI is InChI=1S/C38H42N2O6S/c1-23(41)45-21-27-22-47-35-30(39-20-24-18-28(37(2,3)4)32(42)29(19-24)38(5,6)7)34(43)40(35)31(27)36(44)46-33(25-14-10-8-11-15-25)26-16-12-9-13-17-26/h8-20,30,33,35,42H,21-22H2,1-7H3/b39-20+/t30-,35-/m1/s1. The van der Waals surface area contributed by atoms with E-state index in [1.54, 1.807) is 6.21 Å². The van der Waals surface area contributed by atoms with Gasteiger partial charge in [-0.1, -0.05) is 102 Å². The van der Waals surface area contributed by atoms with Crippen LogP contribution < -0.4 is 0 Å². The number of β-lactam (4-membered cyclic amide) rings is 1. The molecule has 0 spiro atoms. The molecule has 1 saturated heterocycles. The number of benzene rings is 3. The predicted octanol–water partition coefficient (Wildman–Crippen LogP) is 6.84. The SMILES string of the molecule is CC(=O)OCC1=C(C(=O)OC(c2ccccc2)c2ccccc2)N2C(=O)[C@@H](/N=C/c3cc(C(C)(C)C)c(O)c(C(C)(C)C)c3)[C@H]2SC1. The van der Waals surface area contributed by atoms with Crippen molar-refractivity contribution in [1.29, 1.82) is 0 Å². The summed E-state index contributed by atoms with van der Waals surface area (Å²) in [6, 6.07) is 21.9. The summed E-state index contributed by atoms with van der Waals surface area (Å²) in [6.07, 6.45) is 0.968. The Morgan fingerprint density at radius 1 is 0.957 bits per heavy atom. The lowest BCUT2D eigenvalue weighted by Gasteiger charge is -2.48. The summed E-state index contributed by atoms with van der Waals surface area (Å²) < 4.78 is 11.5. The Bertz CT molecular complexity index is 1650. The van der Waals surface area contributed by atoms with Gasteiger partial charge in [0, 0.05) is 35.6 Å². The highest BCUT2D eigenvalue weighted by Crippen LogP contribution is 2.44. The Morgan fingerprint density at radius 2 is 1.49 bits per heavy atom. The Hall–Kier alpha value is -4.37. The van der Waals surface area contributed by atoms with Crippen molar-refractivity contribution >= 4 is 35.8 Å². The molecule has 0 aromatic heterocycles. The Kier molecular flexibility index (Phi) is 9.68. The molecular weight excluding hydrogens is 612 g/mol. The summed E-state index contributed by atoms with van der Waals surface area (Å²) in [5.74, 6) is -0.865. The molecule has 0 saturated carbocycles. The zero-order valence-corrected chi connectivity index (χ0v) is 28.8. The van der Waals surface area contributed by atoms with Gasteiger partial charge in [0.2, 0.25) is 0 Å². The van der Waals surface area contributed by atoms with Crippen LogP contribution in [0.25, 0.3) is 0 Å². The lowest BCUT2D eigenvalue weighted by Crippen LogP contribution is -2.64. The average molecular weight is 655 g/mol. The number of carbonyl (C=O) groups excluding carboxylic acids is 3. The minimum atomic E-state index is -0.720. The van der Waals surface area contributed by atoms with Crippen molar-refractivity contribution in [3.8, 4) is 5.75 Å². The molecule has 1 N–H and O–H groups in total. The van der Waals surface area contributed by atoms with Crippen LogP contribution in [0.2, 0.25) is 0 Å². The van der Waals surface area contributed by atoms with E-state index in [0.717, 1.165) is 27.8 Å². The number of fused-ring (bicyclic) bond motifs is 1. The summed E-state index contributed by atoms with van der Waals surface area (Å²) in [4.78, 5) is 45.7. The van der Waals surface area contributed by atoms with E-state index in [4.69, 9.17) is 14.5 Å². The predicted molar refractivity (Wildman–Crippen MR) is 184 cm³/mol. The lowest BCUT2D eigenvalue weighted by molar-refractivity contribution is -0.153. The number of carbonyl (C=O) groups is 3. The van der Waals surface area contributed by atoms with Crippen LogP contribution in [0.3, 0.4) is 0 Å². The number of nitrogens with zero attached hydrogens (tertiary/aromatic N) is 2. The second-order valence-electron chi connectivity index (χ2n) is 13.9. The van der Waals surface area contributed by atoms with E-state index in [1.807, 2.05) is 114 Å². The van der Waals surface area contributed by atoms with Crippen molar-refractivity contribution < 1.29 is 29.0 Å². The molecule has 2 atom stereocenters. The van der Waals surface area contributed by atoms with E-state index in [2.05, 4.69) is 0 Å². The first kappa shape index (κ1) is 34.0. The van der Waals surface area contributed by atoms with Gasteiger partial charge in [-0.15, -0.1) is 11.8 Å². The highest BCUT2D eigenvalue weighted by molar-refractivity contribution is 8.00. The molecule has 0 aliphatic carbocycles. The number of hydrogen-bond acceptors (Lipinski definition) is 8. The van der Waals surface area contributed by atoms with Crippen LogP contribution in [-0.4, -0.2) is 57.8 Å². The first-order valence-corrected chi connectivity index (χ1v) is 16.7. The van der Waals surface area contributed by atoms with Crippen molar-refractivity contribution in [3.63, 3.8) is 0 Å². The maximum absolute atomic E-state index is 14.0. The van der Waals surface area contributed by atoms with Gasteiger partial charge in [0.25, 0.3) is 5.91 Å². The topological polar surface area (TPSA) is 106 Å². The molecule has 0 unspecified atom stereocenters. The maximum atomic E-state index is 14.0. The van der Waals surface area contributed by atoms with Gasteiger partial charge >= 0.3 is 11.9 Å². The first-order valence-electron chi connectivity index (χ1n) is 15.7. The van der Waals surface area contributed by atoms with Crippen LogP contribution in [0, 0.1) is 0 Å². The van der Waals surface area contributed by atoms with Gasteiger partial charge in [-0.2, -0.15) is 0 Å². The zero-order chi connectivity index (χ0) is 34.1. The van der Waals surface area contributed by atoms with Gasteiger partial charge in [-0.05, 0) is 39.7 Å². The van der Waals surface area contributed by atoms with Gasteiger partial charge in [0.1, 0.15) is 23.4 Å². The minimum absolute atomic E-state index is 0.0954. The highest BCUT2D eigenvalue weighted by Gasteiger charge is 2.54. The molecule has 3 aromatic rings. The molecule has 0 radical (unpaired) electrons. The number of hydrogen-bond donors (Lipinski definition) is 1. The molecular formula is C38H42N2O6S. The summed E-state index contributed by atoms with van der Waals surface area (Å²) in [5.41, 5.74) is 3.92. The van der Waals surface area contributed by atoms with Gasteiger partial charge < -0.3 is 14.6 Å². The highest BCUT2D eigenvalue weighted by atomic mass is 32.2. The van der Waals surface area contributed by atoms with Crippen molar-refractivity contribution in [3.05, 3.63) is 112 Å². The fourth-order valence-corrected chi connectivity index (χ4v) is 7.06. The van der Waals surface area contributed by atoms with Gasteiger partial charge in [-0.25, -0.2) is 4.79 Å². The van der Waals surface area contributed by atoms with Crippen LogP contribution in [0.15, 0.2) is 89.1 Å². The number of thioether (sulfide) groups is 1. The Morgan fingerprint density at radius 3 is 1.98 bits per heavy atom. The van der Waals surface area contributed by atoms with Crippen LogP contribution in [0.1, 0.15) is 82.4 Å². The average Bonchev–Trinajstić information content (AvgIpc) is 3.02. The molecule has 8 nitrogen and oxygen atoms in total. The maximum Gasteiger partial charge on any atom is 0.356 e. The molecule has 3 aromatic carbocycles. The number of amides is 1. The molecule has 2 heterocycles. The molecule has 1 fully saturated rings. The van der Waals surface area contributed by atoms with Crippen LogP contribution in [0.5, 0.6) is 5.75 Å². The molecule has 2 aliphatic heterocycles. The third-order valence-corrected chi connectivity index (χ3v) is 9.55. The van der Waals surface area contributed by atoms with Gasteiger partial charge in [-0.3, -0.25) is 19.5 Å². The molecule has 0 bridgehead atoms. The number of esters is 2. The second kappa shape index (κ2) is 13.4. The zero-order valence-electron chi connectivity index (χ0n) is 27.9. The molecule has 246 valence electrons. The number of aromatic hydroxyl groups is 1. The number of phenols is 1. The number of aliphatic imine (C=N–C) groups is 1. The Balaban J connectivity index is 1.46. The van der Waals surface area contributed by atoms with E-state index >= 15 is 0 Å². The fraction of sp³-hybridized carbons (Fsp3) is 0.368. The number of rotatable bonds is 8. The third kappa shape index (κ3) is 7.30. The van der Waals surface area contributed by atoms with E-state index in [0.29, 0.717) is 11.3 Å². The van der Waals surface area contributed by atoms with Crippen molar-refractivity contribution in [2.45, 2.75) is 76.8 Å². The minimum Gasteiger partial charge on any atom is -0.507 e. The first-order chi connectivity index (χ1) is 22.2. The summed E-state index contributed by atoms with van der Waals surface area (Å²) in [6.45, 7) is 13.4. The molecule has 47 heavy (non-hydrogen) atoms. The number of ether oxygens (including phenoxy) is 2. The van der Waals surface area contributed by atoms with Gasteiger partial charge in [0.05, 0.1) is 0 Å². The van der Waals surface area contributed by atoms with E-state index in [9.17, 15) is 19.5 Å². The summed E-state index contributed by atoms with van der Waals surface area (Å²) in [5, 5.41) is 10.7. The van der Waals surface area contributed by atoms with E-state index < -0.39 is 29.5 Å².